The molecule has 0 radical (unpaired) electrons. The van der Waals surface area contributed by atoms with Gasteiger partial charge in [0.05, 0.1) is 6.26 Å². The van der Waals surface area contributed by atoms with Crippen LogP contribution in [0.15, 0.2) is 22.8 Å². The normalized spacial score (nSPS) is 13.6. The largest absolute Gasteiger partial charge is 0.466 e. The summed E-state index contributed by atoms with van der Waals surface area (Å²) >= 11 is 0. The fourth-order valence-electron chi connectivity index (χ4n) is 0.586. The highest BCUT2D eigenvalue weighted by Crippen LogP contribution is 2.14. The molecule has 0 unspecified atom stereocenters. The van der Waals surface area contributed by atoms with E-state index in [0.29, 0.717) is 5.76 Å². The average molecular weight is 129 g/mol. The molecular formula is C6H8FNO. The van der Waals surface area contributed by atoms with Crippen LogP contribution in [0.4, 0.5) is 4.39 Å². The van der Waals surface area contributed by atoms with Crippen LogP contribution in [0.25, 0.3) is 0 Å². The third-order valence-corrected chi connectivity index (χ3v) is 1.06. The Balaban J connectivity index is 2.65. The average Bonchev–Trinajstić information content (AvgIpc) is 2.37. The molecule has 0 fully saturated rings. The molecule has 0 aliphatic rings. The lowest BCUT2D eigenvalue weighted by Crippen LogP contribution is -2.06. The summed E-state index contributed by atoms with van der Waals surface area (Å²) in [4.78, 5) is 0. The van der Waals surface area contributed by atoms with E-state index in [-0.39, 0.29) is 6.54 Å². The SMILES string of the molecule is NC[C@@H](F)c1ccco1. The minimum Gasteiger partial charge on any atom is -0.466 e. The van der Waals surface area contributed by atoms with Crippen molar-refractivity contribution in [3.8, 4) is 0 Å². The molecule has 2 nitrogen and oxygen atoms in total. The maximum absolute atomic E-state index is 12.5. The zero-order valence-corrected chi connectivity index (χ0v) is 4.88. The Hall–Kier alpha value is -0.830. The molecule has 1 heterocycles. The third-order valence-electron chi connectivity index (χ3n) is 1.06. The molecule has 0 aliphatic heterocycles. The molecule has 0 bridgehead atoms. The number of hydrogen-bond donors (Lipinski definition) is 1. The van der Waals surface area contributed by atoms with Crippen LogP contribution in [0.1, 0.15) is 11.9 Å². The molecule has 1 atom stereocenters. The summed E-state index contributed by atoms with van der Waals surface area (Å²) in [5.74, 6) is 0.303. The molecule has 0 aliphatic carbocycles. The number of hydrogen-bond acceptors (Lipinski definition) is 2. The van der Waals surface area contributed by atoms with Gasteiger partial charge >= 0.3 is 0 Å². The minimum absolute atomic E-state index is 0.0203. The first-order valence-corrected chi connectivity index (χ1v) is 2.72. The number of rotatable bonds is 2. The number of halogens is 1. The van der Waals surface area contributed by atoms with Crippen LogP contribution in [-0.4, -0.2) is 6.54 Å². The summed E-state index contributed by atoms with van der Waals surface area (Å²) in [5.41, 5.74) is 5.03. The quantitative estimate of drug-likeness (QED) is 0.652. The van der Waals surface area contributed by atoms with E-state index in [0.717, 1.165) is 0 Å². The van der Waals surface area contributed by atoms with Crippen LogP contribution in [0.3, 0.4) is 0 Å². The Morgan fingerprint density at radius 3 is 3.00 bits per heavy atom. The molecule has 1 rings (SSSR count). The Kier molecular flexibility index (Phi) is 1.85. The van der Waals surface area contributed by atoms with E-state index in [9.17, 15) is 4.39 Å². The van der Waals surface area contributed by atoms with Crippen molar-refractivity contribution in [1.29, 1.82) is 0 Å². The van der Waals surface area contributed by atoms with Crippen LogP contribution in [0.2, 0.25) is 0 Å². The zero-order valence-electron chi connectivity index (χ0n) is 4.88. The van der Waals surface area contributed by atoms with Crippen LogP contribution < -0.4 is 5.73 Å². The molecule has 0 saturated heterocycles. The van der Waals surface area contributed by atoms with E-state index in [1.807, 2.05) is 0 Å². The van der Waals surface area contributed by atoms with Crippen molar-refractivity contribution in [3.05, 3.63) is 24.2 Å². The Labute approximate surface area is 52.5 Å². The molecular weight excluding hydrogens is 121 g/mol. The van der Waals surface area contributed by atoms with Gasteiger partial charge in [-0.05, 0) is 12.1 Å². The van der Waals surface area contributed by atoms with Crippen molar-refractivity contribution >= 4 is 0 Å². The predicted octanol–water partition coefficient (Wildman–Crippen LogP) is 1.25. The maximum Gasteiger partial charge on any atom is 0.170 e. The van der Waals surface area contributed by atoms with Gasteiger partial charge in [0.15, 0.2) is 6.17 Å². The predicted molar refractivity (Wildman–Crippen MR) is 31.6 cm³/mol. The van der Waals surface area contributed by atoms with Crippen molar-refractivity contribution in [1.82, 2.24) is 0 Å². The molecule has 0 spiro atoms. The Bertz CT molecular complexity index is 162. The third kappa shape index (κ3) is 1.29. The molecule has 0 aromatic carbocycles. The van der Waals surface area contributed by atoms with Crippen molar-refractivity contribution in [2.75, 3.05) is 6.54 Å². The summed E-state index contributed by atoms with van der Waals surface area (Å²) in [6.45, 7) is -0.0203. The van der Waals surface area contributed by atoms with E-state index in [1.54, 1.807) is 12.1 Å². The number of furan rings is 1. The van der Waals surface area contributed by atoms with Gasteiger partial charge in [-0.15, -0.1) is 0 Å². The highest BCUT2D eigenvalue weighted by Gasteiger charge is 2.08. The van der Waals surface area contributed by atoms with Gasteiger partial charge in [0, 0.05) is 6.54 Å². The Morgan fingerprint density at radius 2 is 2.56 bits per heavy atom. The van der Waals surface area contributed by atoms with Gasteiger partial charge in [-0.3, -0.25) is 0 Å². The zero-order chi connectivity index (χ0) is 6.69. The monoisotopic (exact) mass is 129 g/mol. The second-order valence-electron chi connectivity index (χ2n) is 1.72. The lowest BCUT2D eigenvalue weighted by Gasteiger charge is -1.97. The van der Waals surface area contributed by atoms with Crippen molar-refractivity contribution in [2.24, 2.45) is 5.73 Å². The van der Waals surface area contributed by atoms with Gasteiger partial charge in [0.25, 0.3) is 0 Å². The molecule has 50 valence electrons. The first kappa shape index (κ1) is 6.29. The lowest BCUT2D eigenvalue weighted by molar-refractivity contribution is 0.294. The minimum atomic E-state index is -1.15. The van der Waals surface area contributed by atoms with Gasteiger partial charge in [0.1, 0.15) is 5.76 Å². The Morgan fingerprint density at radius 1 is 1.78 bits per heavy atom. The summed E-state index contributed by atoms with van der Waals surface area (Å²) < 4.78 is 17.2. The number of nitrogens with two attached hydrogens (primary N) is 1. The maximum atomic E-state index is 12.5. The smallest absolute Gasteiger partial charge is 0.170 e. The van der Waals surface area contributed by atoms with E-state index in [2.05, 4.69) is 0 Å². The summed E-state index contributed by atoms with van der Waals surface area (Å²) in [5, 5.41) is 0. The second-order valence-corrected chi connectivity index (χ2v) is 1.72. The van der Waals surface area contributed by atoms with Crippen LogP contribution in [0.5, 0.6) is 0 Å². The van der Waals surface area contributed by atoms with Gasteiger partial charge in [-0.2, -0.15) is 0 Å². The van der Waals surface area contributed by atoms with Gasteiger partial charge < -0.3 is 10.2 Å². The fourth-order valence-corrected chi connectivity index (χ4v) is 0.586. The van der Waals surface area contributed by atoms with Crippen molar-refractivity contribution in [3.63, 3.8) is 0 Å². The van der Waals surface area contributed by atoms with Crippen molar-refractivity contribution < 1.29 is 8.81 Å². The molecule has 1 aromatic rings. The molecule has 3 heteroatoms. The molecule has 1 aromatic heterocycles. The summed E-state index contributed by atoms with van der Waals surface area (Å²) in [6.07, 6.45) is 0.275. The second kappa shape index (κ2) is 2.64. The van der Waals surface area contributed by atoms with E-state index in [4.69, 9.17) is 10.2 Å². The standard InChI is InChI=1S/C6H8FNO/c7-5(4-8)6-2-1-3-9-6/h1-3,5H,4,8H2/t5-/m1/s1. The van der Waals surface area contributed by atoms with Crippen LogP contribution in [0, 0.1) is 0 Å². The highest BCUT2D eigenvalue weighted by atomic mass is 19.1. The van der Waals surface area contributed by atoms with E-state index >= 15 is 0 Å². The molecule has 0 saturated carbocycles. The van der Waals surface area contributed by atoms with Gasteiger partial charge in [-0.1, -0.05) is 0 Å². The highest BCUT2D eigenvalue weighted by molar-refractivity contribution is 5.01. The molecule has 9 heavy (non-hydrogen) atoms. The van der Waals surface area contributed by atoms with Crippen molar-refractivity contribution in [2.45, 2.75) is 6.17 Å². The summed E-state index contributed by atoms with van der Waals surface area (Å²) in [6, 6.07) is 3.20. The topological polar surface area (TPSA) is 39.2 Å². The fraction of sp³-hybridized carbons (Fsp3) is 0.333. The first-order valence-electron chi connectivity index (χ1n) is 2.72. The summed E-state index contributed by atoms with van der Waals surface area (Å²) in [7, 11) is 0. The van der Waals surface area contributed by atoms with Gasteiger partial charge in [-0.25, -0.2) is 4.39 Å². The van der Waals surface area contributed by atoms with Crippen LogP contribution >= 0.6 is 0 Å². The van der Waals surface area contributed by atoms with E-state index in [1.165, 1.54) is 6.26 Å². The molecule has 0 amide bonds. The van der Waals surface area contributed by atoms with Crippen LogP contribution in [-0.2, 0) is 0 Å². The lowest BCUT2D eigenvalue weighted by atomic mass is 10.3. The van der Waals surface area contributed by atoms with Gasteiger partial charge in [0.2, 0.25) is 0 Å². The first-order chi connectivity index (χ1) is 4.34. The van der Waals surface area contributed by atoms with E-state index < -0.39 is 6.17 Å². The molecule has 2 N–H and O–H groups in total. The number of alkyl halides is 1.